The van der Waals surface area contributed by atoms with Crippen molar-refractivity contribution in [3.8, 4) is 0 Å². The van der Waals surface area contributed by atoms with Gasteiger partial charge in [0.25, 0.3) is 5.56 Å². The largest absolute Gasteiger partial charge is 0.364 e. The molecule has 1 aliphatic heterocycles. The van der Waals surface area contributed by atoms with Crippen LogP contribution in [0.4, 0.5) is 5.82 Å². The first kappa shape index (κ1) is 11.8. The van der Waals surface area contributed by atoms with Gasteiger partial charge in [0, 0.05) is 6.54 Å². The van der Waals surface area contributed by atoms with Crippen LogP contribution in [0.2, 0.25) is 0 Å². The van der Waals surface area contributed by atoms with Crippen LogP contribution in [0.15, 0.2) is 9.59 Å². The van der Waals surface area contributed by atoms with Crippen LogP contribution in [0.1, 0.15) is 19.8 Å². The molecule has 1 fully saturated rings. The Kier molecular flexibility index (Phi) is 3.28. The summed E-state index contributed by atoms with van der Waals surface area (Å²) in [5.74, 6) is 0.171. The first-order chi connectivity index (χ1) is 8.09. The van der Waals surface area contributed by atoms with E-state index in [1.54, 1.807) is 0 Å². The number of aromatic nitrogens is 3. The molecular formula is C10H17N5O2. The molecule has 2 heterocycles. The second-order valence-electron chi connectivity index (χ2n) is 4.77. The fraction of sp³-hybridized carbons (Fsp3) is 0.700. The fourth-order valence-corrected chi connectivity index (χ4v) is 1.97. The highest BCUT2D eigenvalue weighted by Gasteiger charge is 2.26. The van der Waals surface area contributed by atoms with E-state index < -0.39 is 11.2 Å². The van der Waals surface area contributed by atoms with Crippen molar-refractivity contribution in [3.63, 3.8) is 0 Å². The van der Waals surface area contributed by atoms with Crippen molar-refractivity contribution < 1.29 is 0 Å². The molecule has 0 radical (unpaired) electrons. The standard InChI is InChI=1S/C10H17N5O2/c1-10(2-4-11-5-3-10)6-12-7-8(16)13-9(17)15-14-7/h11H,2-6H2,1H3,(H,12,14)(H2,13,15,16,17). The molecule has 1 aromatic heterocycles. The number of nitrogens with one attached hydrogen (secondary N) is 4. The lowest BCUT2D eigenvalue weighted by atomic mass is 9.81. The first-order valence-corrected chi connectivity index (χ1v) is 5.73. The zero-order valence-electron chi connectivity index (χ0n) is 9.80. The van der Waals surface area contributed by atoms with Gasteiger partial charge in [-0.1, -0.05) is 6.92 Å². The van der Waals surface area contributed by atoms with Crippen molar-refractivity contribution in [3.05, 3.63) is 20.8 Å². The molecule has 94 valence electrons. The molecule has 4 N–H and O–H groups in total. The summed E-state index contributed by atoms with van der Waals surface area (Å²) >= 11 is 0. The number of anilines is 1. The minimum atomic E-state index is -0.589. The Labute approximate surface area is 98.0 Å². The maximum Gasteiger partial charge on any atom is 0.342 e. The molecule has 1 aliphatic rings. The van der Waals surface area contributed by atoms with Crippen molar-refractivity contribution in [1.29, 1.82) is 0 Å². The number of hydrogen-bond donors (Lipinski definition) is 4. The third kappa shape index (κ3) is 2.94. The maximum absolute atomic E-state index is 11.4. The van der Waals surface area contributed by atoms with E-state index >= 15 is 0 Å². The van der Waals surface area contributed by atoms with E-state index in [1.807, 2.05) is 0 Å². The van der Waals surface area contributed by atoms with Crippen LogP contribution in [-0.2, 0) is 0 Å². The average Bonchev–Trinajstić information content (AvgIpc) is 2.29. The Balaban J connectivity index is 2.02. The molecular weight excluding hydrogens is 222 g/mol. The predicted molar refractivity (Wildman–Crippen MR) is 64.2 cm³/mol. The summed E-state index contributed by atoms with van der Waals surface area (Å²) in [4.78, 5) is 24.3. The molecule has 0 spiro atoms. The minimum Gasteiger partial charge on any atom is -0.364 e. The number of nitrogens with zero attached hydrogens (tertiary/aromatic N) is 1. The zero-order valence-corrected chi connectivity index (χ0v) is 9.80. The van der Waals surface area contributed by atoms with Crippen LogP contribution in [0.25, 0.3) is 0 Å². The molecule has 7 heteroatoms. The van der Waals surface area contributed by atoms with Gasteiger partial charge in [-0.05, 0) is 31.3 Å². The normalized spacial score (nSPS) is 18.9. The molecule has 17 heavy (non-hydrogen) atoms. The van der Waals surface area contributed by atoms with E-state index in [0.717, 1.165) is 25.9 Å². The number of piperidine rings is 1. The molecule has 0 atom stereocenters. The molecule has 0 unspecified atom stereocenters. The smallest absolute Gasteiger partial charge is 0.342 e. The Hall–Kier alpha value is -1.63. The third-order valence-corrected chi connectivity index (χ3v) is 3.20. The van der Waals surface area contributed by atoms with Gasteiger partial charge in [0.05, 0.1) is 0 Å². The van der Waals surface area contributed by atoms with E-state index in [-0.39, 0.29) is 11.2 Å². The summed E-state index contributed by atoms with van der Waals surface area (Å²) in [5.41, 5.74) is -0.907. The fourth-order valence-electron chi connectivity index (χ4n) is 1.97. The van der Waals surface area contributed by atoms with Crippen LogP contribution in [0.5, 0.6) is 0 Å². The molecule has 0 bridgehead atoms. The minimum absolute atomic E-state index is 0.162. The van der Waals surface area contributed by atoms with Crippen molar-refractivity contribution in [2.24, 2.45) is 5.41 Å². The summed E-state index contributed by atoms with van der Waals surface area (Å²) in [5, 5.41) is 12.2. The Morgan fingerprint density at radius 3 is 2.71 bits per heavy atom. The van der Waals surface area contributed by atoms with Gasteiger partial charge in [0.15, 0.2) is 0 Å². The predicted octanol–water partition coefficient (Wildman–Crippen LogP) is -0.740. The van der Waals surface area contributed by atoms with Crippen molar-refractivity contribution in [1.82, 2.24) is 20.5 Å². The van der Waals surface area contributed by atoms with Crippen LogP contribution in [0, 0.1) is 5.41 Å². The van der Waals surface area contributed by atoms with E-state index in [0.29, 0.717) is 6.54 Å². The topological polar surface area (TPSA) is 103 Å². The van der Waals surface area contributed by atoms with Gasteiger partial charge < -0.3 is 10.6 Å². The number of rotatable bonds is 3. The maximum atomic E-state index is 11.4. The highest BCUT2D eigenvalue weighted by atomic mass is 16.2. The molecule has 0 aromatic carbocycles. The lowest BCUT2D eigenvalue weighted by Gasteiger charge is -2.34. The molecule has 0 amide bonds. The zero-order chi connectivity index (χ0) is 12.3. The van der Waals surface area contributed by atoms with Crippen LogP contribution >= 0.6 is 0 Å². The number of hydrogen-bond acceptors (Lipinski definition) is 5. The monoisotopic (exact) mass is 239 g/mol. The first-order valence-electron chi connectivity index (χ1n) is 5.73. The van der Waals surface area contributed by atoms with Gasteiger partial charge in [-0.15, -0.1) is 5.10 Å². The molecule has 0 saturated carbocycles. The Morgan fingerprint density at radius 2 is 2.06 bits per heavy atom. The molecule has 1 aromatic rings. The quantitative estimate of drug-likeness (QED) is 0.556. The summed E-state index contributed by atoms with van der Waals surface area (Å²) in [6.45, 7) is 4.85. The van der Waals surface area contributed by atoms with Gasteiger partial charge >= 0.3 is 5.69 Å². The van der Waals surface area contributed by atoms with Gasteiger partial charge in [-0.3, -0.25) is 9.78 Å². The summed E-state index contributed by atoms with van der Waals surface area (Å²) in [7, 11) is 0. The van der Waals surface area contributed by atoms with Crippen molar-refractivity contribution in [2.75, 3.05) is 25.0 Å². The second-order valence-corrected chi connectivity index (χ2v) is 4.77. The Morgan fingerprint density at radius 1 is 1.35 bits per heavy atom. The third-order valence-electron chi connectivity index (χ3n) is 3.20. The van der Waals surface area contributed by atoms with Crippen LogP contribution < -0.4 is 21.9 Å². The SMILES string of the molecule is CC1(CNc2n[nH]c(=O)[nH]c2=O)CCNCC1. The van der Waals surface area contributed by atoms with E-state index in [1.165, 1.54) is 0 Å². The highest BCUT2D eigenvalue weighted by molar-refractivity contribution is 5.29. The molecule has 7 nitrogen and oxygen atoms in total. The number of aromatic amines is 2. The summed E-state index contributed by atoms with van der Waals surface area (Å²) in [6.07, 6.45) is 2.11. The van der Waals surface area contributed by atoms with E-state index in [2.05, 4.69) is 32.7 Å². The van der Waals surface area contributed by atoms with Gasteiger partial charge in [-0.25, -0.2) is 9.89 Å². The van der Waals surface area contributed by atoms with Gasteiger partial charge in [0.2, 0.25) is 5.82 Å². The van der Waals surface area contributed by atoms with E-state index in [9.17, 15) is 9.59 Å². The second kappa shape index (κ2) is 4.70. The molecule has 1 saturated heterocycles. The van der Waals surface area contributed by atoms with E-state index in [4.69, 9.17) is 0 Å². The lowest BCUT2D eigenvalue weighted by Crippen LogP contribution is -2.40. The average molecular weight is 239 g/mol. The van der Waals surface area contributed by atoms with Crippen LogP contribution in [0.3, 0.4) is 0 Å². The highest BCUT2D eigenvalue weighted by Crippen LogP contribution is 2.27. The van der Waals surface area contributed by atoms with Gasteiger partial charge in [0.1, 0.15) is 0 Å². The number of H-pyrrole nitrogens is 2. The lowest BCUT2D eigenvalue weighted by molar-refractivity contribution is 0.247. The van der Waals surface area contributed by atoms with Crippen LogP contribution in [-0.4, -0.2) is 34.8 Å². The molecule has 0 aliphatic carbocycles. The summed E-state index contributed by atoms with van der Waals surface area (Å²) < 4.78 is 0. The van der Waals surface area contributed by atoms with Crippen molar-refractivity contribution in [2.45, 2.75) is 19.8 Å². The van der Waals surface area contributed by atoms with Crippen molar-refractivity contribution >= 4 is 5.82 Å². The Bertz CT molecular complexity index is 486. The van der Waals surface area contributed by atoms with Gasteiger partial charge in [-0.2, -0.15) is 0 Å². The molecule has 2 rings (SSSR count). The summed E-state index contributed by atoms with van der Waals surface area (Å²) in [6, 6.07) is 0.